The Morgan fingerprint density at radius 3 is 1.85 bits per heavy atom. The lowest BCUT2D eigenvalue weighted by molar-refractivity contribution is -0.284. The maximum atomic E-state index is 16.2. The molecule has 0 radical (unpaired) electrons. The predicted octanol–water partition coefficient (Wildman–Crippen LogP) is 6.14. The van der Waals surface area contributed by atoms with Crippen LogP contribution in [0.15, 0.2) is 131 Å². The van der Waals surface area contributed by atoms with Crippen LogP contribution in [0.1, 0.15) is 127 Å². The number of carbonyl (C=O) groups excluding carboxylic acids is 8. The van der Waals surface area contributed by atoms with Crippen LogP contribution in [0.3, 0.4) is 0 Å². The number of phenolic OH excluding ortho intramolecular Hbond substituents is 6. The van der Waals surface area contributed by atoms with Crippen LogP contribution in [0.5, 0.6) is 69.0 Å². The van der Waals surface area contributed by atoms with Gasteiger partial charge in [0, 0.05) is 42.2 Å². The van der Waals surface area contributed by atoms with Gasteiger partial charge in [0.05, 0.1) is 98.1 Å². The van der Waals surface area contributed by atoms with E-state index in [-0.39, 0.29) is 138 Å². The van der Waals surface area contributed by atoms with Gasteiger partial charge in [0.25, 0.3) is 11.8 Å². The number of aromatic nitrogens is 3. The van der Waals surface area contributed by atoms with Gasteiger partial charge in [-0.05, 0) is 137 Å². The van der Waals surface area contributed by atoms with E-state index in [0.29, 0.717) is 9.81 Å². The number of amides is 8. The average Bonchev–Trinajstić information content (AvgIpc) is 1.62. The molecule has 133 heavy (non-hydrogen) atoms. The van der Waals surface area contributed by atoms with E-state index in [9.17, 15) is 75.3 Å². The molecule has 9 heterocycles. The summed E-state index contributed by atoms with van der Waals surface area (Å²) in [6, 6.07) is 5.36. The zero-order chi connectivity index (χ0) is 94.7. The number of carbonyl (C=O) groups is 9. The van der Waals surface area contributed by atoms with Gasteiger partial charge < -0.3 is 131 Å². The second kappa shape index (κ2) is 43.3. The van der Waals surface area contributed by atoms with Crippen LogP contribution in [-0.2, 0) is 84.6 Å². The maximum absolute atomic E-state index is 16.2. The summed E-state index contributed by atoms with van der Waals surface area (Å²) < 4.78 is 55.9. The Bertz CT molecular complexity index is 5750. The zero-order valence-corrected chi connectivity index (χ0v) is 74.4. The third-order valence-electron chi connectivity index (χ3n) is 22.2. The Hall–Kier alpha value is -12.1. The number of nitrogens with zero attached hydrogens (tertiary/aromatic N) is 4. The first-order chi connectivity index (χ1) is 63.9. The maximum Gasteiger partial charge on any atom is 0.330 e. The molecule has 44 heteroatoms. The van der Waals surface area contributed by atoms with Crippen LogP contribution >= 0.6 is 46.7 Å². The minimum Gasteiger partial charge on any atom is -0.508 e. The topological polar surface area (TPSA) is 577 Å². The number of rotatable bonds is 28. The Morgan fingerprint density at radius 2 is 1.20 bits per heavy atom. The molecule has 0 saturated carbocycles. The summed E-state index contributed by atoms with van der Waals surface area (Å²) in [7, 11) is 0. The van der Waals surface area contributed by atoms with E-state index < -0.39 is 207 Å². The molecule has 7 aromatic carbocycles. The molecule has 2 unspecified atom stereocenters. The number of aliphatic carboxylic acids is 1. The molecule has 14 atom stereocenters. The van der Waals surface area contributed by atoms with Gasteiger partial charge in [-0.15, -0.1) is 28.6 Å². The summed E-state index contributed by atoms with van der Waals surface area (Å²) >= 11 is 17.2. The number of hydrogen-bond acceptors (Lipinski definition) is 33. The van der Waals surface area contributed by atoms with Crippen molar-refractivity contribution in [3.8, 4) is 80.1 Å². The van der Waals surface area contributed by atoms with Crippen molar-refractivity contribution >= 4 is 100.0 Å². The lowest BCUT2D eigenvalue weighted by Crippen LogP contribution is -2.65. The van der Waals surface area contributed by atoms with Crippen LogP contribution in [0.25, 0.3) is 11.1 Å². The first-order valence-corrected chi connectivity index (χ1v) is 45.0. The van der Waals surface area contributed by atoms with E-state index in [1.807, 2.05) is 0 Å². The number of nitrogens with one attached hydrogen (secondary N) is 7. The van der Waals surface area contributed by atoms with Crippen molar-refractivity contribution in [1.82, 2.24) is 57.1 Å². The Labute approximate surface area is 776 Å². The van der Waals surface area contributed by atoms with Crippen molar-refractivity contribution in [3.05, 3.63) is 186 Å². The van der Waals surface area contributed by atoms with E-state index in [1.165, 1.54) is 83.2 Å². The Kier molecular flexibility index (Phi) is 31.5. The molecule has 0 spiro atoms. The van der Waals surface area contributed by atoms with Gasteiger partial charge in [0.1, 0.15) is 107 Å². The molecule has 1 saturated heterocycles. The highest BCUT2D eigenvalue weighted by atomic mass is 35.5. The smallest absolute Gasteiger partial charge is 0.330 e. The van der Waals surface area contributed by atoms with Gasteiger partial charge in [-0.1, -0.05) is 79.4 Å². The number of unbranched alkanes of at least 4 members (excludes halogenated alkanes) is 2. The number of phenols is 6. The minimum absolute atomic E-state index is 0.0518. The van der Waals surface area contributed by atoms with Crippen molar-refractivity contribution in [2.75, 3.05) is 70.9 Å². The van der Waals surface area contributed by atoms with Crippen molar-refractivity contribution in [3.63, 3.8) is 0 Å². The van der Waals surface area contributed by atoms with Crippen LogP contribution in [-0.4, -0.2) is 249 Å². The molecule has 1 aromatic heterocycles. The lowest BCUT2D eigenvalue weighted by Gasteiger charge is -2.44. The highest BCUT2D eigenvalue weighted by Gasteiger charge is 2.50. The third kappa shape index (κ3) is 22.4. The highest BCUT2D eigenvalue weighted by molar-refractivity contribution is 8.08. The normalized spacial score (nSPS) is 23.1. The second-order valence-corrected chi connectivity index (χ2v) is 34.6. The number of aliphatic hydroxyl groups excluding tert-OH is 4. The first kappa shape index (κ1) is 96.9. The van der Waals surface area contributed by atoms with E-state index in [0.717, 1.165) is 116 Å². The summed E-state index contributed by atoms with van der Waals surface area (Å²) in [5.41, 5.74) is -2.36. The number of carboxylic acids is 1. The zero-order valence-electron chi connectivity index (χ0n) is 71.3. The molecule has 8 aromatic rings. The molecule has 8 aliphatic rings. The number of halogens is 2. The highest BCUT2D eigenvalue weighted by Crippen LogP contribution is 2.50. The van der Waals surface area contributed by atoms with Gasteiger partial charge in [-0.3, -0.25) is 48.6 Å². The number of fused-ring (bicyclic) bond motifs is 14. The molecular formula is C89H95Cl2N11O29S2. The number of benzene rings is 7. The molecule has 8 aliphatic heterocycles. The molecule has 706 valence electrons. The summed E-state index contributed by atoms with van der Waals surface area (Å²) in [5, 5.41) is 155. The Balaban J connectivity index is 0.776. The van der Waals surface area contributed by atoms with Gasteiger partial charge in [-0.2, -0.15) is 0 Å². The number of imide groups is 1. The molecule has 0 aliphatic carbocycles. The largest absolute Gasteiger partial charge is 0.508 e. The summed E-state index contributed by atoms with van der Waals surface area (Å²) in [6.45, 7) is 5.15. The fraction of sp³-hybridized carbons (Fsp3) is 0.382. The molecule has 8 amide bonds. The summed E-state index contributed by atoms with van der Waals surface area (Å²) in [4.78, 5) is 135. The van der Waals surface area contributed by atoms with E-state index >= 15 is 24.0 Å². The summed E-state index contributed by atoms with van der Waals surface area (Å²) in [5.74, 6) is -14.8. The SMILES string of the molecule is CCCCSC1=C(SCCCC)C(=O)N(CCOCCOCCOCCOCc2cn(C3C(=O)N[C@@H]4Cc5ccc(c(Cl)c5)Oc5cc6cc(c5O)Oc5ccc(cc5Cl)[C@@H](O[C@@H]5O[C@H](CO)[C@@H](O)[C@H](O)[C@H]5NC(C)=O)[C@H]5NC(=O)[C@H](NC(O)[C@@H]6NC(=O)[C@@H](NC4=O)c4cc(O)cc(c4)Oc4cc3ccc4O)c3ccc(O)c(c3)-c3c(O)cc(O)cc3[C@H](C(=O)O)NC5=O)nn2)C1=O. The molecule has 40 nitrogen and oxygen atoms in total. The van der Waals surface area contributed by atoms with Gasteiger partial charge in [0.2, 0.25) is 41.2 Å². The van der Waals surface area contributed by atoms with Crippen molar-refractivity contribution in [2.45, 2.75) is 145 Å². The summed E-state index contributed by atoms with van der Waals surface area (Å²) in [6.07, 6.45) is -7.67. The first-order valence-electron chi connectivity index (χ1n) is 42.2. The minimum atomic E-state index is -2.50. The van der Waals surface area contributed by atoms with Crippen LogP contribution < -0.4 is 51.4 Å². The number of hydrogen-bond donors (Lipinski definition) is 18. The molecule has 1 fully saturated rings. The molecule has 18 N–H and O–H groups in total. The van der Waals surface area contributed by atoms with Gasteiger partial charge >= 0.3 is 5.97 Å². The van der Waals surface area contributed by atoms with Crippen molar-refractivity contribution < 1.29 is 142 Å². The van der Waals surface area contributed by atoms with Gasteiger partial charge in [0.15, 0.2) is 41.4 Å². The second-order valence-electron chi connectivity index (χ2n) is 31.6. The molecule has 17 bridgehead atoms. The van der Waals surface area contributed by atoms with Crippen LogP contribution in [0.2, 0.25) is 10.0 Å². The van der Waals surface area contributed by atoms with Crippen molar-refractivity contribution in [1.29, 1.82) is 0 Å². The van der Waals surface area contributed by atoms with E-state index in [4.69, 9.17) is 65.8 Å². The number of aromatic hydroxyl groups is 6. The van der Waals surface area contributed by atoms with Gasteiger partial charge in [-0.25, -0.2) is 9.48 Å². The van der Waals surface area contributed by atoms with Crippen LogP contribution in [0.4, 0.5) is 0 Å². The predicted molar refractivity (Wildman–Crippen MR) is 472 cm³/mol. The lowest BCUT2D eigenvalue weighted by atomic mass is 9.89. The standard InChI is InChI=1S/C89H95Cl2N11O29S2/c1-4-6-24-132-78-79(133-25-7-5-2)87(120)101(86(78)119)16-17-123-18-19-124-20-21-125-22-23-126-40-48-38-102(100-99-48)73-44-10-13-58(108)62(32-44)127-51-29-46(28-49(105)35-51)68-82(115)96-69-47-33-63(128-60-14-8-42(26-54(60)90)27-56(80(113)94-68)93-85(73)118)74(110)64(34-47)129-61-15-11-45(31-55(61)91)77(131-89-71(92-41(3)104)76(112)75(111)65(39-103)130-89)72-84(117)97-70(88(121)122)53-36-50(106)37-59(109)66(53)52-30-43(9-12-57(52)107)67(81(114)98-72)95-83(69)116/h8-15,26,28-38,56,65,67-73,75-77,83,89,95,103,105-112,116H,4-7,16-25,27,39-40H2,1-3H3,(H,92,104)(H,93,118)(H,94,113)(H,96,115)(H,97,117)(H,98,114)(H,121,122)/t56-,65-,67-,68+,69-,70-,71-,72-,73?,75-,76-,77-,83?,89+/m1/s1. The van der Waals surface area contributed by atoms with Crippen LogP contribution in [0, 0.1) is 0 Å². The fourth-order valence-electron chi connectivity index (χ4n) is 15.6. The van der Waals surface area contributed by atoms with Crippen molar-refractivity contribution in [2.24, 2.45) is 0 Å². The van der Waals surface area contributed by atoms with E-state index in [2.05, 4.69) is 61.4 Å². The quantitative estimate of drug-likeness (QED) is 0.0193. The number of ether oxygens (including phenoxy) is 9. The molecular weight excluding hydrogens is 1820 g/mol. The Morgan fingerprint density at radius 1 is 0.579 bits per heavy atom. The number of thioether (sulfide) groups is 2. The number of carboxylic acid groups (broad SMARTS) is 1. The fourth-order valence-corrected chi connectivity index (χ4v) is 18.6. The third-order valence-corrected chi connectivity index (χ3v) is 25.3. The monoisotopic (exact) mass is 1920 g/mol. The van der Waals surface area contributed by atoms with E-state index in [1.54, 1.807) is 0 Å². The molecule has 16 rings (SSSR count). The average molecular weight is 1920 g/mol. The number of aliphatic hydroxyl groups is 4.